The molecule has 0 spiro atoms. The molecule has 0 N–H and O–H groups in total. The number of fused-ring (bicyclic) bond motifs is 2. The van der Waals surface area contributed by atoms with Crippen LogP contribution in [-0.2, 0) is 9.53 Å². The lowest BCUT2D eigenvalue weighted by Gasteiger charge is -2.24. The summed E-state index contributed by atoms with van der Waals surface area (Å²) in [4.78, 5) is 36.0. The Bertz CT molecular complexity index is 1680. The number of aromatic nitrogens is 2. The fourth-order valence-corrected chi connectivity index (χ4v) is 5.27. The average molecular weight is 502 g/mol. The Morgan fingerprint density at radius 2 is 2.00 bits per heavy atom. The fraction of sp³-hybridized carbons (Fsp3) is 0.111. The summed E-state index contributed by atoms with van der Waals surface area (Å²) >= 11 is 7.39. The summed E-state index contributed by atoms with van der Waals surface area (Å²) in [6.07, 6.45) is 6.87. The lowest BCUT2D eigenvalue weighted by molar-refractivity contribution is -0.138. The van der Waals surface area contributed by atoms with E-state index in [2.05, 4.69) is 16.6 Å². The molecule has 4 aromatic rings. The molecule has 2 aromatic carbocycles. The highest BCUT2D eigenvalue weighted by Crippen LogP contribution is 2.31. The van der Waals surface area contributed by atoms with Gasteiger partial charge in [-0.25, -0.2) is 9.79 Å². The fourth-order valence-electron chi connectivity index (χ4n) is 4.10. The molecule has 1 aliphatic heterocycles. The number of thiazole rings is 1. The minimum atomic E-state index is -0.691. The normalized spacial score (nSPS) is 15.6. The third-order valence-electron chi connectivity index (χ3n) is 5.72. The molecule has 35 heavy (non-hydrogen) atoms. The van der Waals surface area contributed by atoms with Crippen molar-refractivity contribution in [2.75, 3.05) is 6.61 Å². The van der Waals surface area contributed by atoms with Crippen LogP contribution in [0.1, 0.15) is 24.1 Å². The topological polar surface area (TPSA) is 73.6 Å². The highest BCUT2D eigenvalue weighted by molar-refractivity contribution is 7.07. The molecule has 0 fully saturated rings. The lowest BCUT2D eigenvalue weighted by Crippen LogP contribution is -2.39. The smallest absolute Gasteiger partial charge is 0.338 e. The first-order chi connectivity index (χ1) is 17.0. The van der Waals surface area contributed by atoms with Crippen LogP contribution in [0.25, 0.3) is 16.8 Å². The summed E-state index contributed by atoms with van der Waals surface area (Å²) in [6.45, 7) is 5.41. The van der Waals surface area contributed by atoms with Crippen LogP contribution in [0.15, 0.2) is 94.6 Å². The van der Waals surface area contributed by atoms with Gasteiger partial charge in [0.25, 0.3) is 5.56 Å². The second kappa shape index (κ2) is 9.44. The summed E-state index contributed by atoms with van der Waals surface area (Å²) in [7, 11) is 0. The zero-order valence-corrected chi connectivity index (χ0v) is 20.3. The van der Waals surface area contributed by atoms with Gasteiger partial charge in [0.15, 0.2) is 4.80 Å². The van der Waals surface area contributed by atoms with Crippen LogP contribution in [0.2, 0.25) is 5.02 Å². The third-order valence-corrected chi connectivity index (χ3v) is 6.96. The summed E-state index contributed by atoms with van der Waals surface area (Å²) in [5.74, 6) is -0.539. The average Bonchev–Trinajstić information content (AvgIpc) is 3.16. The molecule has 5 rings (SSSR count). The number of hydrogen-bond donors (Lipinski definition) is 0. The summed E-state index contributed by atoms with van der Waals surface area (Å²) < 4.78 is 7.42. The summed E-state index contributed by atoms with van der Waals surface area (Å²) in [6, 6.07) is 14.3. The first-order valence-electron chi connectivity index (χ1n) is 10.9. The second-order valence-electron chi connectivity index (χ2n) is 8.00. The predicted molar refractivity (Wildman–Crippen MR) is 138 cm³/mol. The second-order valence-corrected chi connectivity index (χ2v) is 9.45. The van der Waals surface area contributed by atoms with E-state index in [9.17, 15) is 9.59 Å². The maximum Gasteiger partial charge on any atom is 0.338 e. The molecule has 0 radical (unpaired) electrons. The maximum atomic E-state index is 13.7. The van der Waals surface area contributed by atoms with E-state index < -0.39 is 12.0 Å². The number of pyridine rings is 1. The molecular weight excluding hydrogens is 482 g/mol. The van der Waals surface area contributed by atoms with Gasteiger partial charge in [0.05, 0.1) is 21.8 Å². The van der Waals surface area contributed by atoms with Crippen molar-refractivity contribution in [1.29, 1.82) is 0 Å². The molecule has 0 saturated heterocycles. The van der Waals surface area contributed by atoms with Crippen molar-refractivity contribution in [3.8, 4) is 0 Å². The van der Waals surface area contributed by atoms with Gasteiger partial charge in [-0.3, -0.25) is 14.3 Å². The molecule has 1 aliphatic rings. The Morgan fingerprint density at radius 1 is 1.20 bits per heavy atom. The van der Waals surface area contributed by atoms with E-state index in [0.29, 0.717) is 25.6 Å². The van der Waals surface area contributed by atoms with Crippen molar-refractivity contribution in [2.24, 2.45) is 4.99 Å². The van der Waals surface area contributed by atoms with Gasteiger partial charge in [-0.2, -0.15) is 0 Å². The Balaban J connectivity index is 1.69. The van der Waals surface area contributed by atoms with Crippen LogP contribution in [0.3, 0.4) is 0 Å². The molecule has 0 saturated carbocycles. The highest BCUT2D eigenvalue weighted by Gasteiger charge is 2.33. The Labute approximate surface area is 209 Å². The van der Waals surface area contributed by atoms with Gasteiger partial charge in [-0.1, -0.05) is 59.9 Å². The van der Waals surface area contributed by atoms with Gasteiger partial charge in [0, 0.05) is 22.8 Å². The molecule has 3 heterocycles. The van der Waals surface area contributed by atoms with Crippen LogP contribution in [0.5, 0.6) is 0 Å². The van der Waals surface area contributed by atoms with Gasteiger partial charge < -0.3 is 4.74 Å². The number of rotatable bonds is 5. The first-order valence-corrected chi connectivity index (χ1v) is 12.1. The minimum absolute atomic E-state index is 0.0597. The number of halogens is 1. The van der Waals surface area contributed by atoms with E-state index in [-0.39, 0.29) is 12.2 Å². The maximum absolute atomic E-state index is 13.7. The number of benzene rings is 2. The van der Waals surface area contributed by atoms with E-state index in [1.165, 1.54) is 17.4 Å². The molecule has 1 unspecified atom stereocenters. The predicted octanol–water partition coefficient (Wildman–Crippen LogP) is 4.17. The Morgan fingerprint density at radius 3 is 2.77 bits per heavy atom. The van der Waals surface area contributed by atoms with Gasteiger partial charge in [0.1, 0.15) is 6.61 Å². The largest absolute Gasteiger partial charge is 0.458 e. The quantitative estimate of drug-likeness (QED) is 0.304. The summed E-state index contributed by atoms with van der Waals surface area (Å²) in [5, 5.41) is 2.61. The molecule has 1 atom stereocenters. The van der Waals surface area contributed by atoms with Crippen molar-refractivity contribution in [1.82, 2.24) is 9.55 Å². The van der Waals surface area contributed by atoms with Crippen molar-refractivity contribution in [3.63, 3.8) is 0 Å². The van der Waals surface area contributed by atoms with Crippen molar-refractivity contribution < 1.29 is 9.53 Å². The number of allylic oxidation sites excluding steroid dienone is 1. The van der Waals surface area contributed by atoms with Gasteiger partial charge >= 0.3 is 5.97 Å². The van der Waals surface area contributed by atoms with Crippen LogP contribution < -0.4 is 14.9 Å². The van der Waals surface area contributed by atoms with Crippen molar-refractivity contribution in [3.05, 3.63) is 121 Å². The van der Waals surface area contributed by atoms with Crippen LogP contribution in [0, 0.1) is 0 Å². The Kier molecular flexibility index (Phi) is 6.19. The molecule has 2 aromatic heterocycles. The zero-order chi connectivity index (χ0) is 24.5. The van der Waals surface area contributed by atoms with Crippen LogP contribution in [0.4, 0.5) is 0 Å². The molecule has 6 nitrogen and oxygen atoms in total. The molecule has 174 valence electrons. The van der Waals surface area contributed by atoms with Crippen LogP contribution >= 0.6 is 22.9 Å². The van der Waals surface area contributed by atoms with Gasteiger partial charge in [-0.05, 0) is 53.8 Å². The van der Waals surface area contributed by atoms with Crippen molar-refractivity contribution in [2.45, 2.75) is 13.0 Å². The monoisotopic (exact) mass is 501 g/mol. The molecule has 0 aliphatic carbocycles. The standard InChI is InChI=1S/C27H20ClN3O3S/c1-3-12-34-26(33)23-16(2)30-27-31(24(23)19-6-8-21(28)9-7-19)25(32)22(35-27)14-17-4-5-18-10-11-29-15-20(18)13-17/h3-11,13-15,24H,1,12H2,2H3. The minimum Gasteiger partial charge on any atom is -0.458 e. The van der Waals surface area contributed by atoms with E-state index in [1.807, 2.05) is 30.3 Å². The lowest BCUT2D eigenvalue weighted by atomic mass is 9.96. The van der Waals surface area contributed by atoms with E-state index in [0.717, 1.165) is 21.9 Å². The van der Waals surface area contributed by atoms with E-state index >= 15 is 0 Å². The number of hydrogen-bond acceptors (Lipinski definition) is 6. The highest BCUT2D eigenvalue weighted by atomic mass is 35.5. The molecule has 0 bridgehead atoms. The van der Waals surface area contributed by atoms with E-state index in [4.69, 9.17) is 16.3 Å². The first kappa shape index (κ1) is 23.0. The van der Waals surface area contributed by atoms with Crippen LogP contribution in [-0.4, -0.2) is 22.1 Å². The number of carbonyl (C=O) groups is 1. The van der Waals surface area contributed by atoms with Gasteiger partial charge in [0.2, 0.25) is 0 Å². The van der Waals surface area contributed by atoms with Crippen molar-refractivity contribution >= 4 is 45.8 Å². The Hall–Kier alpha value is -3.81. The number of nitrogens with zero attached hydrogens (tertiary/aromatic N) is 3. The number of esters is 1. The number of carbonyl (C=O) groups excluding carboxylic acids is 1. The molecule has 0 amide bonds. The molecular formula is C27H20ClN3O3S. The zero-order valence-electron chi connectivity index (χ0n) is 18.8. The SMILES string of the molecule is C=CCOC(=O)C1=C(C)N=c2sc(=Cc3ccc4ccncc4c3)c(=O)n2C1c1ccc(Cl)cc1. The third kappa shape index (κ3) is 4.36. The number of ether oxygens (including phenoxy) is 1. The molecule has 8 heteroatoms. The van der Waals surface area contributed by atoms with E-state index in [1.54, 1.807) is 48.1 Å². The van der Waals surface area contributed by atoms with Gasteiger partial charge in [-0.15, -0.1) is 0 Å². The summed E-state index contributed by atoms with van der Waals surface area (Å²) in [5.41, 5.74) is 2.19.